The van der Waals surface area contributed by atoms with Gasteiger partial charge in [0.2, 0.25) is 0 Å². The Bertz CT molecular complexity index is 251. The van der Waals surface area contributed by atoms with Crippen LogP contribution in [0.15, 0.2) is 0 Å². The van der Waals surface area contributed by atoms with E-state index in [0.29, 0.717) is 5.54 Å². The van der Waals surface area contributed by atoms with Crippen LogP contribution in [0.3, 0.4) is 0 Å². The van der Waals surface area contributed by atoms with Gasteiger partial charge in [-0.3, -0.25) is 4.90 Å². The van der Waals surface area contributed by atoms with E-state index in [9.17, 15) is 0 Å². The molecule has 2 aliphatic rings. The van der Waals surface area contributed by atoms with E-state index < -0.39 is 0 Å². The summed E-state index contributed by atoms with van der Waals surface area (Å²) < 4.78 is 0. The number of thioether (sulfide) groups is 1. The van der Waals surface area contributed by atoms with Gasteiger partial charge in [0.05, 0.1) is 0 Å². The third-order valence-corrected chi connectivity index (χ3v) is 6.25. The molecule has 2 fully saturated rings. The highest BCUT2D eigenvalue weighted by Gasteiger charge is 2.40. The van der Waals surface area contributed by atoms with Crippen LogP contribution in [-0.2, 0) is 0 Å². The summed E-state index contributed by atoms with van der Waals surface area (Å²) in [7, 11) is 0. The maximum atomic E-state index is 6.18. The second kappa shape index (κ2) is 6.60. The highest BCUT2D eigenvalue weighted by Crippen LogP contribution is 2.33. The zero-order valence-electron chi connectivity index (χ0n) is 12.0. The number of hydrogen-bond acceptors (Lipinski definition) is 4. The van der Waals surface area contributed by atoms with Crippen LogP contribution in [0.25, 0.3) is 0 Å². The lowest BCUT2D eigenvalue weighted by Crippen LogP contribution is -2.62. The molecular formula is C14H29N3S. The topological polar surface area (TPSA) is 32.5 Å². The smallest absolute Gasteiger partial charge is 0.0356 e. The molecule has 0 bridgehead atoms. The lowest BCUT2D eigenvalue weighted by atomic mass is 9.85. The Hall–Kier alpha value is 0.230. The van der Waals surface area contributed by atoms with E-state index >= 15 is 0 Å². The SMILES string of the molecule is CCC1CN(C2(CN)CCN(CC)CC2)CCS1. The molecule has 106 valence electrons. The fourth-order valence-corrected chi connectivity index (χ4v) is 4.51. The van der Waals surface area contributed by atoms with Gasteiger partial charge in [-0.15, -0.1) is 0 Å². The molecule has 0 amide bonds. The molecule has 4 heteroatoms. The quantitative estimate of drug-likeness (QED) is 0.842. The van der Waals surface area contributed by atoms with Gasteiger partial charge < -0.3 is 10.6 Å². The normalized spacial score (nSPS) is 30.5. The average Bonchev–Trinajstić information content (AvgIpc) is 2.47. The molecule has 2 rings (SSSR count). The summed E-state index contributed by atoms with van der Waals surface area (Å²) >= 11 is 2.15. The largest absolute Gasteiger partial charge is 0.329 e. The van der Waals surface area contributed by atoms with Crippen molar-refractivity contribution in [3.05, 3.63) is 0 Å². The first-order valence-corrected chi connectivity index (χ1v) is 8.58. The first-order chi connectivity index (χ1) is 8.74. The summed E-state index contributed by atoms with van der Waals surface area (Å²) in [5, 5.41) is 0.825. The summed E-state index contributed by atoms with van der Waals surface area (Å²) in [6.45, 7) is 11.6. The summed E-state index contributed by atoms with van der Waals surface area (Å²) in [5.41, 5.74) is 6.48. The minimum atomic E-state index is 0.306. The zero-order chi connectivity index (χ0) is 13.0. The fourth-order valence-electron chi connectivity index (χ4n) is 3.33. The Morgan fingerprint density at radius 1 is 1.22 bits per heavy atom. The van der Waals surface area contributed by atoms with Crippen molar-refractivity contribution in [3.63, 3.8) is 0 Å². The summed E-state index contributed by atoms with van der Waals surface area (Å²) in [4.78, 5) is 5.29. The van der Waals surface area contributed by atoms with E-state index in [0.717, 1.165) is 11.8 Å². The van der Waals surface area contributed by atoms with Gasteiger partial charge >= 0.3 is 0 Å². The number of nitrogens with two attached hydrogens (primary N) is 1. The Morgan fingerprint density at radius 3 is 2.50 bits per heavy atom. The molecule has 2 aliphatic heterocycles. The monoisotopic (exact) mass is 271 g/mol. The van der Waals surface area contributed by atoms with E-state index in [4.69, 9.17) is 5.73 Å². The molecule has 3 nitrogen and oxygen atoms in total. The van der Waals surface area contributed by atoms with E-state index in [2.05, 4.69) is 35.4 Å². The van der Waals surface area contributed by atoms with E-state index in [1.807, 2.05) is 0 Å². The van der Waals surface area contributed by atoms with Crippen LogP contribution in [0.2, 0.25) is 0 Å². The minimum Gasteiger partial charge on any atom is -0.329 e. The molecule has 0 aromatic rings. The number of rotatable bonds is 4. The van der Waals surface area contributed by atoms with Crippen LogP contribution in [0, 0.1) is 0 Å². The highest BCUT2D eigenvalue weighted by atomic mass is 32.2. The van der Waals surface area contributed by atoms with Crippen LogP contribution in [0.4, 0.5) is 0 Å². The van der Waals surface area contributed by atoms with Crippen molar-refractivity contribution in [2.24, 2.45) is 5.73 Å². The second-order valence-corrected chi connectivity index (χ2v) is 7.12. The number of hydrogen-bond donors (Lipinski definition) is 1. The van der Waals surface area contributed by atoms with Gasteiger partial charge in [-0.05, 0) is 38.9 Å². The van der Waals surface area contributed by atoms with Crippen LogP contribution < -0.4 is 5.73 Å². The van der Waals surface area contributed by atoms with Crippen molar-refractivity contribution >= 4 is 11.8 Å². The standard InChI is InChI=1S/C14H29N3S/c1-3-13-11-17(9-10-18-13)14(12-15)5-7-16(4-2)8-6-14/h13H,3-12,15H2,1-2H3. The molecule has 0 radical (unpaired) electrons. The van der Waals surface area contributed by atoms with Crippen LogP contribution >= 0.6 is 11.8 Å². The predicted molar refractivity (Wildman–Crippen MR) is 81.2 cm³/mol. The maximum Gasteiger partial charge on any atom is 0.0356 e. The van der Waals surface area contributed by atoms with Gasteiger partial charge in [0, 0.05) is 36.2 Å². The van der Waals surface area contributed by atoms with Crippen molar-refractivity contribution < 1.29 is 0 Å². The van der Waals surface area contributed by atoms with Gasteiger partial charge in [0.25, 0.3) is 0 Å². The summed E-state index contributed by atoms with van der Waals surface area (Å²) in [6, 6.07) is 0. The second-order valence-electron chi connectivity index (χ2n) is 5.71. The molecule has 1 atom stereocenters. The Balaban J connectivity index is 1.99. The Kier molecular flexibility index (Phi) is 5.36. The predicted octanol–water partition coefficient (Wildman–Crippen LogP) is 1.63. The third-order valence-electron chi connectivity index (χ3n) is 4.88. The average molecular weight is 271 g/mol. The van der Waals surface area contributed by atoms with Crippen LogP contribution in [0.1, 0.15) is 33.1 Å². The van der Waals surface area contributed by atoms with E-state index in [1.54, 1.807) is 0 Å². The Labute approximate surface area is 116 Å². The molecule has 1 unspecified atom stereocenters. The van der Waals surface area contributed by atoms with Gasteiger partial charge in [0.15, 0.2) is 0 Å². The van der Waals surface area contributed by atoms with Gasteiger partial charge in [-0.1, -0.05) is 13.8 Å². The van der Waals surface area contributed by atoms with Gasteiger partial charge in [0.1, 0.15) is 0 Å². The summed E-state index contributed by atoms with van der Waals surface area (Å²) in [6.07, 6.45) is 3.82. The molecule has 0 aliphatic carbocycles. The van der Waals surface area contributed by atoms with Crippen LogP contribution in [0.5, 0.6) is 0 Å². The first kappa shape index (κ1) is 14.6. The fraction of sp³-hybridized carbons (Fsp3) is 1.00. The Morgan fingerprint density at radius 2 is 1.94 bits per heavy atom. The first-order valence-electron chi connectivity index (χ1n) is 7.53. The van der Waals surface area contributed by atoms with Crippen molar-refractivity contribution in [2.75, 3.05) is 45.0 Å². The van der Waals surface area contributed by atoms with Gasteiger partial charge in [-0.2, -0.15) is 11.8 Å². The zero-order valence-corrected chi connectivity index (χ0v) is 12.8. The third kappa shape index (κ3) is 3.03. The summed E-state index contributed by atoms with van der Waals surface area (Å²) in [5.74, 6) is 1.29. The molecule has 2 N–H and O–H groups in total. The van der Waals surface area contributed by atoms with Crippen molar-refractivity contribution in [2.45, 2.75) is 43.9 Å². The number of nitrogens with zero attached hydrogens (tertiary/aromatic N) is 2. The molecule has 0 aromatic heterocycles. The lowest BCUT2D eigenvalue weighted by Gasteiger charge is -2.50. The molecular weight excluding hydrogens is 242 g/mol. The van der Waals surface area contributed by atoms with Crippen LogP contribution in [-0.4, -0.2) is 65.6 Å². The van der Waals surface area contributed by atoms with E-state index in [1.165, 1.54) is 57.7 Å². The lowest BCUT2D eigenvalue weighted by molar-refractivity contribution is 0.0303. The molecule has 0 aromatic carbocycles. The number of piperidine rings is 1. The van der Waals surface area contributed by atoms with E-state index in [-0.39, 0.29) is 0 Å². The number of likely N-dealkylation sites (tertiary alicyclic amines) is 1. The molecule has 18 heavy (non-hydrogen) atoms. The highest BCUT2D eigenvalue weighted by molar-refractivity contribution is 8.00. The molecule has 2 saturated heterocycles. The van der Waals surface area contributed by atoms with Crippen molar-refractivity contribution in [1.82, 2.24) is 9.80 Å². The molecule has 2 heterocycles. The maximum absolute atomic E-state index is 6.18. The van der Waals surface area contributed by atoms with Crippen molar-refractivity contribution in [1.29, 1.82) is 0 Å². The van der Waals surface area contributed by atoms with Crippen molar-refractivity contribution in [3.8, 4) is 0 Å². The minimum absolute atomic E-state index is 0.306. The van der Waals surface area contributed by atoms with Gasteiger partial charge in [-0.25, -0.2) is 0 Å². The molecule has 0 spiro atoms. The molecule has 0 saturated carbocycles.